The molecule has 0 bridgehead atoms. The van der Waals surface area contributed by atoms with Crippen LogP contribution in [-0.4, -0.2) is 28.5 Å². The summed E-state index contributed by atoms with van der Waals surface area (Å²) in [6.45, 7) is 2.04. The van der Waals surface area contributed by atoms with Gasteiger partial charge in [0, 0.05) is 12.2 Å². The minimum Gasteiger partial charge on any atom is -0.314 e. The molecule has 3 nitrogen and oxygen atoms in total. The molecule has 0 aliphatic rings. The number of halogens is 3. The highest BCUT2D eigenvalue weighted by atomic mass is 19.4. The van der Waals surface area contributed by atoms with Crippen LogP contribution in [0.3, 0.4) is 0 Å². The van der Waals surface area contributed by atoms with E-state index in [0.717, 1.165) is 11.3 Å². The molecule has 1 N–H and O–H groups in total. The Morgan fingerprint density at radius 1 is 1.24 bits per heavy atom. The number of hydrogen-bond acceptors (Lipinski definition) is 2. The van der Waals surface area contributed by atoms with E-state index in [1.165, 1.54) is 0 Å². The fourth-order valence-corrected chi connectivity index (χ4v) is 2.09. The molecule has 0 aliphatic carbocycles. The van der Waals surface area contributed by atoms with Gasteiger partial charge in [-0.2, -0.15) is 18.3 Å². The van der Waals surface area contributed by atoms with Crippen molar-refractivity contribution in [2.75, 3.05) is 6.54 Å². The summed E-state index contributed by atoms with van der Waals surface area (Å²) in [6, 6.07) is 9.10. The zero-order valence-electron chi connectivity index (χ0n) is 11.8. The zero-order valence-corrected chi connectivity index (χ0v) is 11.8. The van der Waals surface area contributed by atoms with Gasteiger partial charge in [0.1, 0.15) is 0 Å². The lowest BCUT2D eigenvalue weighted by Gasteiger charge is -2.15. The molecule has 0 spiro atoms. The van der Waals surface area contributed by atoms with Crippen LogP contribution < -0.4 is 5.32 Å². The van der Waals surface area contributed by atoms with Gasteiger partial charge in [-0.3, -0.25) is 0 Å². The van der Waals surface area contributed by atoms with Gasteiger partial charge < -0.3 is 5.32 Å². The van der Waals surface area contributed by atoms with Gasteiger partial charge in [-0.05, 0) is 37.6 Å². The third-order valence-corrected chi connectivity index (χ3v) is 3.10. The summed E-state index contributed by atoms with van der Waals surface area (Å²) in [5.74, 6) is 0. The molecule has 1 atom stereocenters. The van der Waals surface area contributed by atoms with Crippen LogP contribution in [0.5, 0.6) is 0 Å². The first-order valence-electron chi connectivity index (χ1n) is 6.83. The summed E-state index contributed by atoms with van der Waals surface area (Å²) in [6.07, 6.45) is -0.648. The monoisotopic (exact) mass is 297 g/mol. The lowest BCUT2D eigenvalue weighted by atomic mass is 10.2. The van der Waals surface area contributed by atoms with Gasteiger partial charge in [0.2, 0.25) is 0 Å². The quantitative estimate of drug-likeness (QED) is 0.886. The molecule has 0 radical (unpaired) electrons. The summed E-state index contributed by atoms with van der Waals surface area (Å²) in [5.41, 5.74) is 1.95. The van der Waals surface area contributed by atoms with Crippen LogP contribution in [0, 0.1) is 0 Å². The predicted octanol–water partition coefficient (Wildman–Crippen LogP) is 3.35. The number of rotatable bonds is 6. The Labute approximate surface area is 121 Å². The SMILES string of the molecule is C[C@@H](CC(F)(F)F)NCCc1cnn(-c2ccccc2)c1. The number of alkyl halides is 3. The highest BCUT2D eigenvalue weighted by Gasteiger charge is 2.29. The van der Waals surface area contributed by atoms with Crippen LogP contribution in [-0.2, 0) is 6.42 Å². The maximum absolute atomic E-state index is 12.2. The van der Waals surface area contributed by atoms with Gasteiger partial charge in [0.15, 0.2) is 0 Å². The molecule has 1 heterocycles. The smallest absolute Gasteiger partial charge is 0.314 e. The third kappa shape index (κ3) is 5.23. The van der Waals surface area contributed by atoms with Crippen LogP contribution in [0.1, 0.15) is 18.9 Å². The van der Waals surface area contributed by atoms with Crippen molar-refractivity contribution in [1.29, 1.82) is 0 Å². The van der Waals surface area contributed by atoms with Gasteiger partial charge >= 0.3 is 6.18 Å². The summed E-state index contributed by atoms with van der Waals surface area (Å²) in [7, 11) is 0. The van der Waals surface area contributed by atoms with E-state index in [1.54, 1.807) is 17.8 Å². The van der Waals surface area contributed by atoms with E-state index >= 15 is 0 Å². The average molecular weight is 297 g/mol. The molecule has 0 aliphatic heterocycles. The number of nitrogens with one attached hydrogen (secondary N) is 1. The number of hydrogen-bond donors (Lipinski definition) is 1. The van der Waals surface area contributed by atoms with Gasteiger partial charge in [-0.15, -0.1) is 0 Å². The first-order chi connectivity index (χ1) is 9.94. The number of benzene rings is 1. The Balaban J connectivity index is 1.81. The van der Waals surface area contributed by atoms with Crippen molar-refractivity contribution in [1.82, 2.24) is 15.1 Å². The molecule has 0 unspecified atom stereocenters. The fraction of sp³-hybridized carbons (Fsp3) is 0.400. The highest BCUT2D eigenvalue weighted by Crippen LogP contribution is 2.21. The molecule has 0 fully saturated rings. The van der Waals surface area contributed by atoms with Crippen molar-refractivity contribution >= 4 is 0 Å². The van der Waals surface area contributed by atoms with Crippen LogP contribution in [0.2, 0.25) is 0 Å². The Morgan fingerprint density at radius 3 is 2.62 bits per heavy atom. The van der Waals surface area contributed by atoms with Gasteiger partial charge in [0.25, 0.3) is 0 Å². The van der Waals surface area contributed by atoms with Crippen molar-refractivity contribution in [3.63, 3.8) is 0 Å². The molecule has 0 amide bonds. The van der Waals surface area contributed by atoms with E-state index in [-0.39, 0.29) is 0 Å². The van der Waals surface area contributed by atoms with Gasteiger partial charge in [-0.1, -0.05) is 18.2 Å². The number of nitrogens with zero attached hydrogens (tertiary/aromatic N) is 2. The summed E-state index contributed by atoms with van der Waals surface area (Å²) in [5, 5.41) is 7.13. The van der Waals surface area contributed by atoms with E-state index in [2.05, 4.69) is 10.4 Å². The molecule has 0 saturated carbocycles. The van der Waals surface area contributed by atoms with E-state index in [0.29, 0.717) is 13.0 Å². The Morgan fingerprint density at radius 2 is 1.95 bits per heavy atom. The first kappa shape index (κ1) is 15.6. The Kier molecular flexibility index (Phi) is 5.01. The van der Waals surface area contributed by atoms with Crippen molar-refractivity contribution in [2.45, 2.75) is 32.0 Å². The van der Waals surface area contributed by atoms with E-state index in [1.807, 2.05) is 36.5 Å². The zero-order chi connectivity index (χ0) is 15.3. The second-order valence-corrected chi connectivity index (χ2v) is 5.05. The molecule has 114 valence electrons. The molecule has 1 aromatic carbocycles. The molecular formula is C15H18F3N3. The van der Waals surface area contributed by atoms with Crippen LogP contribution in [0.4, 0.5) is 13.2 Å². The first-order valence-corrected chi connectivity index (χ1v) is 6.83. The fourth-order valence-electron chi connectivity index (χ4n) is 2.09. The van der Waals surface area contributed by atoms with E-state index in [9.17, 15) is 13.2 Å². The molecule has 21 heavy (non-hydrogen) atoms. The second-order valence-electron chi connectivity index (χ2n) is 5.05. The average Bonchev–Trinajstić information content (AvgIpc) is 2.86. The maximum Gasteiger partial charge on any atom is 0.390 e. The molecule has 2 aromatic rings. The van der Waals surface area contributed by atoms with Crippen molar-refractivity contribution in [3.05, 3.63) is 48.3 Å². The largest absolute Gasteiger partial charge is 0.390 e. The third-order valence-electron chi connectivity index (χ3n) is 3.10. The Bertz CT molecular complexity index is 549. The van der Waals surface area contributed by atoms with Crippen molar-refractivity contribution in [3.8, 4) is 5.69 Å². The summed E-state index contributed by atoms with van der Waals surface area (Å²) in [4.78, 5) is 0. The Hall–Kier alpha value is -1.82. The maximum atomic E-state index is 12.2. The highest BCUT2D eigenvalue weighted by molar-refractivity contribution is 5.30. The normalized spacial score (nSPS) is 13.3. The topological polar surface area (TPSA) is 29.9 Å². The van der Waals surface area contributed by atoms with Crippen LogP contribution in [0.15, 0.2) is 42.7 Å². The number of para-hydroxylation sites is 1. The molecule has 2 rings (SSSR count). The van der Waals surface area contributed by atoms with Crippen molar-refractivity contribution < 1.29 is 13.2 Å². The number of aromatic nitrogens is 2. The van der Waals surface area contributed by atoms with Crippen LogP contribution >= 0.6 is 0 Å². The van der Waals surface area contributed by atoms with Gasteiger partial charge in [-0.25, -0.2) is 4.68 Å². The second kappa shape index (κ2) is 6.76. The van der Waals surface area contributed by atoms with E-state index in [4.69, 9.17) is 0 Å². The minimum atomic E-state index is -4.12. The van der Waals surface area contributed by atoms with Gasteiger partial charge in [0.05, 0.1) is 18.3 Å². The summed E-state index contributed by atoms with van der Waals surface area (Å²) < 4.78 is 38.3. The summed E-state index contributed by atoms with van der Waals surface area (Å²) >= 11 is 0. The molecule has 1 aromatic heterocycles. The van der Waals surface area contributed by atoms with Crippen LogP contribution in [0.25, 0.3) is 5.69 Å². The minimum absolute atomic E-state index is 0.498. The standard InChI is InChI=1S/C15H18F3N3/c1-12(9-15(16,17)18)19-8-7-13-10-20-21(11-13)14-5-3-2-4-6-14/h2-6,10-12,19H,7-9H2,1H3/t12-/m0/s1. The lowest BCUT2D eigenvalue weighted by molar-refractivity contribution is -0.138. The predicted molar refractivity (Wildman–Crippen MR) is 75.4 cm³/mol. The molecule has 0 saturated heterocycles. The molecule has 6 heteroatoms. The lowest BCUT2D eigenvalue weighted by Crippen LogP contribution is -2.32. The molecular weight excluding hydrogens is 279 g/mol. The van der Waals surface area contributed by atoms with E-state index < -0.39 is 18.6 Å². The van der Waals surface area contributed by atoms with Crippen molar-refractivity contribution in [2.24, 2.45) is 0 Å².